The molecule has 1 unspecified atom stereocenters. The van der Waals surface area contributed by atoms with Crippen LogP contribution in [-0.4, -0.2) is 77.6 Å². The largest absolute Gasteiger partial charge is 0.378 e. The number of likely N-dealkylation sites (N-methyl/N-ethyl adjacent to an activating group) is 1. The molecule has 2 fully saturated rings. The van der Waals surface area contributed by atoms with Crippen molar-refractivity contribution in [2.24, 2.45) is 0 Å². The Labute approximate surface area is 207 Å². The summed E-state index contributed by atoms with van der Waals surface area (Å²) >= 11 is 1.47. The zero-order valence-corrected chi connectivity index (χ0v) is 20.6. The lowest BCUT2D eigenvalue weighted by molar-refractivity contribution is 0.0303. The number of hydrogen-bond donors (Lipinski definition) is 1. The molecule has 1 N–H and O–H groups in total. The molecule has 35 heavy (non-hydrogen) atoms. The molecule has 6 rings (SSSR count). The molecule has 0 saturated carbocycles. The number of carbonyl (C=O) groups is 1. The molecule has 9 heteroatoms. The number of thiazole rings is 1. The van der Waals surface area contributed by atoms with Crippen LogP contribution in [0.1, 0.15) is 29.6 Å². The van der Waals surface area contributed by atoms with Gasteiger partial charge in [0.1, 0.15) is 16.2 Å². The summed E-state index contributed by atoms with van der Waals surface area (Å²) in [6.07, 6.45) is 3.67. The van der Waals surface area contributed by atoms with Gasteiger partial charge in [0.05, 0.1) is 28.8 Å². The third-order valence-electron chi connectivity index (χ3n) is 7.24. The van der Waals surface area contributed by atoms with Crippen LogP contribution in [0.2, 0.25) is 0 Å². The Morgan fingerprint density at radius 2 is 1.97 bits per heavy atom. The molecule has 4 aromatic rings. The highest BCUT2D eigenvalue weighted by Crippen LogP contribution is 2.31. The highest BCUT2D eigenvalue weighted by molar-refractivity contribution is 7.24. The second kappa shape index (κ2) is 9.22. The number of benzene rings is 1. The maximum Gasteiger partial charge on any atom is 0.261 e. The zero-order valence-electron chi connectivity index (χ0n) is 19.8. The van der Waals surface area contributed by atoms with Gasteiger partial charge in [-0.25, -0.2) is 4.98 Å². The summed E-state index contributed by atoms with van der Waals surface area (Å²) < 4.78 is 8.42. The molecule has 0 aliphatic carbocycles. The molecule has 8 nitrogen and oxygen atoms in total. The Bertz CT molecular complexity index is 1470. The molecular formula is C26H29N5O3S. The number of morpholine rings is 1. The van der Waals surface area contributed by atoms with Gasteiger partial charge in [-0.05, 0) is 50.7 Å². The minimum absolute atomic E-state index is 0.229. The van der Waals surface area contributed by atoms with Gasteiger partial charge in [-0.2, -0.15) is 0 Å². The van der Waals surface area contributed by atoms with Crippen molar-refractivity contribution < 1.29 is 9.53 Å². The number of ether oxygens (including phenoxy) is 1. The summed E-state index contributed by atoms with van der Waals surface area (Å²) in [5.41, 5.74) is 1.51. The van der Waals surface area contributed by atoms with E-state index in [1.54, 1.807) is 4.90 Å². The maximum atomic E-state index is 13.7. The first-order valence-corrected chi connectivity index (χ1v) is 13.1. The molecular weight excluding hydrogens is 462 g/mol. The van der Waals surface area contributed by atoms with E-state index in [2.05, 4.69) is 17.3 Å². The number of aromatic nitrogens is 2. The second-order valence-electron chi connectivity index (χ2n) is 9.40. The lowest BCUT2D eigenvalue weighted by Gasteiger charge is -2.32. The number of fused-ring (bicyclic) bond motifs is 5. The Kier molecular flexibility index (Phi) is 5.91. The van der Waals surface area contributed by atoms with Crippen molar-refractivity contribution in [2.45, 2.75) is 25.3 Å². The third-order valence-corrected chi connectivity index (χ3v) is 8.39. The monoisotopic (exact) mass is 491 g/mol. The summed E-state index contributed by atoms with van der Waals surface area (Å²) in [4.78, 5) is 36.9. The van der Waals surface area contributed by atoms with Gasteiger partial charge in [-0.1, -0.05) is 18.6 Å². The van der Waals surface area contributed by atoms with E-state index < -0.39 is 0 Å². The molecule has 2 saturated heterocycles. The molecule has 2 aliphatic heterocycles. The quantitative estimate of drug-likeness (QED) is 0.471. The molecule has 0 spiro atoms. The van der Waals surface area contributed by atoms with Gasteiger partial charge in [-0.3, -0.25) is 14.0 Å². The van der Waals surface area contributed by atoms with E-state index in [-0.39, 0.29) is 16.9 Å². The standard InChI is InChI=1S/C26H29N5O3S/c1-29-11-5-4-6-17(29)16-27-21-10-9-18-23(32)22(25(33)30-12-14-34-15-13-30)26-31(24(18)28-21)19-7-2-3-8-20(19)35-26/h2-3,7-10,17H,4-6,11-16H2,1H3,(H,27,28). The molecule has 2 aliphatic rings. The Hall–Kier alpha value is -3.01. The number of para-hydroxylation sites is 1. The normalized spacial score (nSPS) is 19.6. The first-order chi connectivity index (χ1) is 17.1. The molecule has 1 amide bonds. The summed E-state index contributed by atoms with van der Waals surface area (Å²) in [6.45, 7) is 3.89. The fourth-order valence-corrected chi connectivity index (χ4v) is 6.40. The summed E-state index contributed by atoms with van der Waals surface area (Å²) in [5.74, 6) is 0.513. The SMILES string of the molecule is CN1CCCCC1CNc1ccc2c(=O)c(C(=O)N3CCOCC3)c3sc4ccccc4n3c2n1. The zero-order chi connectivity index (χ0) is 23.9. The molecule has 1 aromatic carbocycles. The number of nitrogens with zero attached hydrogens (tertiary/aromatic N) is 4. The molecule has 0 bridgehead atoms. The number of amides is 1. The first-order valence-electron chi connectivity index (χ1n) is 12.3. The summed E-state index contributed by atoms with van der Waals surface area (Å²) in [6, 6.07) is 12.1. The number of likely N-dealkylation sites (tertiary alicyclic amines) is 1. The number of pyridine rings is 2. The average molecular weight is 492 g/mol. The van der Waals surface area contributed by atoms with Crippen molar-refractivity contribution in [3.05, 3.63) is 52.2 Å². The predicted molar refractivity (Wildman–Crippen MR) is 140 cm³/mol. The fraction of sp³-hybridized carbons (Fsp3) is 0.423. The first kappa shape index (κ1) is 22.5. The van der Waals surface area contributed by atoms with E-state index in [9.17, 15) is 9.59 Å². The maximum absolute atomic E-state index is 13.7. The Morgan fingerprint density at radius 3 is 2.80 bits per heavy atom. The number of piperidine rings is 1. The molecule has 5 heterocycles. The average Bonchev–Trinajstić information content (AvgIpc) is 3.28. The molecule has 1 atom stereocenters. The van der Waals surface area contributed by atoms with Crippen molar-refractivity contribution in [1.29, 1.82) is 0 Å². The van der Waals surface area contributed by atoms with Crippen LogP contribution in [0.4, 0.5) is 5.82 Å². The lowest BCUT2D eigenvalue weighted by atomic mass is 10.0. The van der Waals surface area contributed by atoms with E-state index in [0.717, 1.165) is 29.1 Å². The van der Waals surface area contributed by atoms with E-state index in [1.807, 2.05) is 40.8 Å². The number of carbonyl (C=O) groups excluding carboxylic acids is 1. The Balaban J connectivity index is 1.48. The Morgan fingerprint density at radius 1 is 1.14 bits per heavy atom. The van der Waals surface area contributed by atoms with Crippen molar-refractivity contribution in [1.82, 2.24) is 19.2 Å². The smallest absolute Gasteiger partial charge is 0.261 e. The van der Waals surface area contributed by atoms with Gasteiger partial charge in [-0.15, -0.1) is 11.3 Å². The fourth-order valence-electron chi connectivity index (χ4n) is 5.22. The predicted octanol–water partition coefficient (Wildman–Crippen LogP) is 3.43. The van der Waals surface area contributed by atoms with Crippen LogP contribution in [0, 0.1) is 0 Å². The van der Waals surface area contributed by atoms with E-state index >= 15 is 0 Å². The van der Waals surface area contributed by atoms with Gasteiger partial charge in [0.2, 0.25) is 5.43 Å². The number of rotatable bonds is 4. The second-order valence-corrected chi connectivity index (χ2v) is 10.4. The van der Waals surface area contributed by atoms with Gasteiger partial charge < -0.3 is 19.9 Å². The van der Waals surface area contributed by atoms with E-state index in [4.69, 9.17) is 9.72 Å². The van der Waals surface area contributed by atoms with Crippen molar-refractivity contribution in [3.8, 4) is 0 Å². The van der Waals surface area contributed by atoms with E-state index in [1.165, 1.54) is 30.6 Å². The van der Waals surface area contributed by atoms with Crippen LogP contribution >= 0.6 is 11.3 Å². The third kappa shape index (κ3) is 3.97. The minimum Gasteiger partial charge on any atom is -0.378 e. The lowest BCUT2D eigenvalue weighted by Crippen LogP contribution is -2.42. The van der Waals surface area contributed by atoms with Crippen LogP contribution in [-0.2, 0) is 4.74 Å². The van der Waals surface area contributed by atoms with Crippen molar-refractivity contribution in [3.63, 3.8) is 0 Å². The molecule has 182 valence electrons. The van der Waals surface area contributed by atoms with Gasteiger partial charge in [0, 0.05) is 25.7 Å². The van der Waals surface area contributed by atoms with Crippen molar-refractivity contribution in [2.75, 3.05) is 51.8 Å². The number of anilines is 1. The highest BCUT2D eigenvalue weighted by Gasteiger charge is 2.27. The van der Waals surface area contributed by atoms with Crippen LogP contribution < -0.4 is 10.7 Å². The van der Waals surface area contributed by atoms with E-state index in [0.29, 0.717) is 48.2 Å². The number of hydrogen-bond acceptors (Lipinski definition) is 7. The van der Waals surface area contributed by atoms with Gasteiger partial charge in [0.25, 0.3) is 5.91 Å². The van der Waals surface area contributed by atoms with Gasteiger partial charge >= 0.3 is 0 Å². The van der Waals surface area contributed by atoms with Crippen LogP contribution in [0.3, 0.4) is 0 Å². The van der Waals surface area contributed by atoms with Crippen LogP contribution in [0.15, 0.2) is 41.2 Å². The molecule has 0 radical (unpaired) electrons. The van der Waals surface area contributed by atoms with Crippen molar-refractivity contribution >= 4 is 49.1 Å². The van der Waals surface area contributed by atoms with Gasteiger partial charge in [0.15, 0.2) is 5.65 Å². The minimum atomic E-state index is -0.255. The number of nitrogens with one attached hydrogen (secondary N) is 1. The topological polar surface area (TPSA) is 79.2 Å². The molecule has 3 aromatic heterocycles. The summed E-state index contributed by atoms with van der Waals surface area (Å²) in [5, 5.41) is 3.96. The highest BCUT2D eigenvalue weighted by atomic mass is 32.1. The van der Waals surface area contributed by atoms with Crippen LogP contribution in [0.5, 0.6) is 0 Å². The summed E-state index contributed by atoms with van der Waals surface area (Å²) in [7, 11) is 2.17. The van der Waals surface area contributed by atoms with Crippen LogP contribution in [0.25, 0.3) is 26.1 Å².